The fourth-order valence-electron chi connectivity index (χ4n) is 4.18. The molecule has 7 heteroatoms. The van der Waals surface area contributed by atoms with Crippen LogP contribution in [0.4, 0.5) is 0 Å². The maximum absolute atomic E-state index is 13.5. The van der Waals surface area contributed by atoms with Gasteiger partial charge in [-0.15, -0.1) is 0 Å². The molecule has 140 valence electrons. The molecule has 2 fully saturated rings. The van der Waals surface area contributed by atoms with Crippen molar-refractivity contribution in [2.45, 2.75) is 26.7 Å². The lowest BCUT2D eigenvalue weighted by molar-refractivity contribution is -0.0304. The number of aromatic nitrogens is 3. The minimum atomic E-state index is 0.00951. The molecular formula is C19H26N4O3. The van der Waals surface area contributed by atoms with Crippen molar-refractivity contribution in [3.8, 4) is 0 Å². The molecule has 2 aromatic heterocycles. The molecular weight excluding hydrogens is 332 g/mol. The number of hydrogen-bond acceptors (Lipinski definition) is 5. The lowest BCUT2D eigenvalue weighted by Crippen LogP contribution is -2.44. The third-order valence-corrected chi connectivity index (χ3v) is 5.61. The molecule has 7 nitrogen and oxygen atoms in total. The van der Waals surface area contributed by atoms with E-state index in [0.717, 1.165) is 55.0 Å². The Hall–Kier alpha value is -1.99. The highest BCUT2D eigenvalue weighted by molar-refractivity contribution is 6.06. The zero-order valence-electron chi connectivity index (χ0n) is 15.7. The molecule has 0 saturated carbocycles. The Kier molecular flexibility index (Phi) is 4.44. The molecule has 2 aliphatic rings. The highest BCUT2D eigenvalue weighted by Gasteiger charge is 2.38. The minimum absolute atomic E-state index is 0.00951. The van der Waals surface area contributed by atoms with Gasteiger partial charge in [0.25, 0.3) is 5.91 Å². The van der Waals surface area contributed by atoms with Crippen LogP contribution in [0.5, 0.6) is 0 Å². The smallest absolute Gasteiger partial charge is 0.254 e. The molecule has 0 N–H and O–H groups in total. The minimum Gasteiger partial charge on any atom is -0.381 e. The largest absolute Gasteiger partial charge is 0.381 e. The van der Waals surface area contributed by atoms with E-state index in [9.17, 15) is 4.79 Å². The van der Waals surface area contributed by atoms with E-state index in [-0.39, 0.29) is 11.3 Å². The normalized spacial score (nSPS) is 20.5. The molecule has 2 aliphatic heterocycles. The molecule has 4 heterocycles. The average Bonchev–Trinajstić information content (AvgIpc) is 2.79. The van der Waals surface area contributed by atoms with E-state index in [0.29, 0.717) is 25.3 Å². The second-order valence-electron chi connectivity index (χ2n) is 7.61. The second kappa shape index (κ2) is 6.63. The molecule has 0 bridgehead atoms. The monoisotopic (exact) mass is 358 g/mol. The molecule has 1 spiro atoms. The van der Waals surface area contributed by atoms with E-state index in [2.05, 4.69) is 10.1 Å². The molecule has 26 heavy (non-hydrogen) atoms. The number of carbonyl (C=O) groups excluding carboxylic acids is 1. The van der Waals surface area contributed by atoms with Crippen LogP contribution in [0.1, 0.15) is 34.6 Å². The van der Waals surface area contributed by atoms with Crippen LogP contribution in [0.25, 0.3) is 11.0 Å². The van der Waals surface area contributed by atoms with Crippen molar-refractivity contribution in [3.05, 3.63) is 23.0 Å². The van der Waals surface area contributed by atoms with Crippen molar-refractivity contribution >= 4 is 16.9 Å². The number of rotatable bonds is 1. The van der Waals surface area contributed by atoms with Gasteiger partial charge in [0, 0.05) is 44.5 Å². The van der Waals surface area contributed by atoms with E-state index in [1.165, 1.54) is 0 Å². The summed E-state index contributed by atoms with van der Waals surface area (Å²) in [5.41, 5.74) is 3.14. The van der Waals surface area contributed by atoms with Gasteiger partial charge in [0.1, 0.15) is 0 Å². The lowest BCUT2D eigenvalue weighted by Gasteiger charge is -2.38. The van der Waals surface area contributed by atoms with Gasteiger partial charge in [-0.2, -0.15) is 5.10 Å². The molecule has 0 atom stereocenters. The Labute approximate surface area is 153 Å². The fraction of sp³-hybridized carbons (Fsp3) is 0.632. The zero-order valence-corrected chi connectivity index (χ0v) is 15.7. The molecule has 2 saturated heterocycles. The third-order valence-electron chi connectivity index (χ3n) is 5.61. The quantitative estimate of drug-likeness (QED) is 0.778. The predicted molar refractivity (Wildman–Crippen MR) is 97.2 cm³/mol. The summed E-state index contributed by atoms with van der Waals surface area (Å²) in [6.45, 7) is 7.95. The number of amides is 1. The van der Waals surface area contributed by atoms with E-state index < -0.39 is 0 Å². The summed E-state index contributed by atoms with van der Waals surface area (Å²) < 4.78 is 13.1. The number of nitrogens with zero attached hydrogens (tertiary/aromatic N) is 4. The Morgan fingerprint density at radius 2 is 1.96 bits per heavy atom. The van der Waals surface area contributed by atoms with Gasteiger partial charge < -0.3 is 14.4 Å². The van der Waals surface area contributed by atoms with Crippen LogP contribution in [-0.4, -0.2) is 65.1 Å². The van der Waals surface area contributed by atoms with Crippen molar-refractivity contribution in [2.75, 3.05) is 39.5 Å². The first kappa shape index (κ1) is 17.4. The summed E-state index contributed by atoms with van der Waals surface area (Å²) in [5.74, 6) is 0.0490. The number of carbonyl (C=O) groups is 1. The van der Waals surface area contributed by atoms with Gasteiger partial charge in [0.05, 0.1) is 29.9 Å². The summed E-state index contributed by atoms with van der Waals surface area (Å²) >= 11 is 0. The third kappa shape index (κ3) is 2.99. The van der Waals surface area contributed by atoms with E-state index in [1.54, 1.807) is 4.68 Å². The summed E-state index contributed by atoms with van der Waals surface area (Å²) in [5, 5.41) is 5.32. The van der Waals surface area contributed by atoms with Crippen molar-refractivity contribution in [1.82, 2.24) is 19.7 Å². The fourth-order valence-corrected chi connectivity index (χ4v) is 4.18. The van der Waals surface area contributed by atoms with Gasteiger partial charge >= 0.3 is 0 Å². The van der Waals surface area contributed by atoms with Gasteiger partial charge in [-0.05, 0) is 32.8 Å². The van der Waals surface area contributed by atoms with Crippen LogP contribution in [0.3, 0.4) is 0 Å². The molecule has 0 radical (unpaired) electrons. The van der Waals surface area contributed by atoms with E-state index in [1.807, 2.05) is 31.9 Å². The molecule has 0 unspecified atom stereocenters. The standard InChI is InChI=1S/C19H26N4O3/c1-13-10-15(16-14(2)21-22(3)17(16)20-13)18(24)23-6-9-26-12-19(11-23)4-7-25-8-5-19/h10H,4-9,11-12H2,1-3H3. The Balaban J connectivity index is 1.71. The number of fused-ring (bicyclic) bond motifs is 1. The maximum atomic E-state index is 13.5. The lowest BCUT2D eigenvalue weighted by atomic mass is 9.80. The van der Waals surface area contributed by atoms with E-state index in [4.69, 9.17) is 9.47 Å². The molecule has 1 amide bonds. The SMILES string of the molecule is Cc1cc(C(=O)N2CCOCC3(CCOCC3)C2)c2c(C)nn(C)c2n1. The topological polar surface area (TPSA) is 69.5 Å². The molecule has 0 aromatic carbocycles. The summed E-state index contributed by atoms with van der Waals surface area (Å²) in [6, 6.07) is 1.89. The van der Waals surface area contributed by atoms with Gasteiger partial charge in [-0.3, -0.25) is 9.48 Å². The first-order valence-corrected chi connectivity index (χ1v) is 9.25. The van der Waals surface area contributed by atoms with Crippen LogP contribution in [-0.2, 0) is 16.5 Å². The number of hydrogen-bond donors (Lipinski definition) is 0. The summed E-state index contributed by atoms with van der Waals surface area (Å²) in [6.07, 6.45) is 1.88. The number of ether oxygens (including phenoxy) is 2. The van der Waals surface area contributed by atoms with Crippen molar-refractivity contribution in [1.29, 1.82) is 0 Å². The highest BCUT2D eigenvalue weighted by Crippen LogP contribution is 2.34. The van der Waals surface area contributed by atoms with Crippen LogP contribution in [0.15, 0.2) is 6.07 Å². The highest BCUT2D eigenvalue weighted by atomic mass is 16.5. The summed E-state index contributed by atoms with van der Waals surface area (Å²) in [7, 11) is 1.87. The van der Waals surface area contributed by atoms with Crippen molar-refractivity contribution in [3.63, 3.8) is 0 Å². The van der Waals surface area contributed by atoms with Crippen LogP contribution < -0.4 is 0 Å². The van der Waals surface area contributed by atoms with Gasteiger partial charge in [-0.1, -0.05) is 0 Å². The van der Waals surface area contributed by atoms with Crippen LogP contribution in [0.2, 0.25) is 0 Å². The van der Waals surface area contributed by atoms with Crippen molar-refractivity contribution < 1.29 is 14.3 Å². The van der Waals surface area contributed by atoms with Gasteiger partial charge in [0.15, 0.2) is 5.65 Å². The van der Waals surface area contributed by atoms with Gasteiger partial charge in [0.2, 0.25) is 0 Å². The Bertz CT molecular complexity index is 839. The predicted octanol–water partition coefficient (Wildman–Crippen LogP) is 1.85. The number of pyridine rings is 1. The second-order valence-corrected chi connectivity index (χ2v) is 7.61. The first-order chi connectivity index (χ1) is 12.5. The first-order valence-electron chi connectivity index (χ1n) is 9.25. The number of aryl methyl sites for hydroxylation is 3. The molecule has 0 aliphatic carbocycles. The average molecular weight is 358 g/mol. The maximum Gasteiger partial charge on any atom is 0.254 e. The van der Waals surface area contributed by atoms with Crippen molar-refractivity contribution in [2.24, 2.45) is 12.5 Å². The Morgan fingerprint density at radius 3 is 2.73 bits per heavy atom. The van der Waals surface area contributed by atoms with E-state index >= 15 is 0 Å². The Morgan fingerprint density at radius 1 is 1.19 bits per heavy atom. The summed E-state index contributed by atoms with van der Waals surface area (Å²) in [4.78, 5) is 20.0. The van der Waals surface area contributed by atoms with Gasteiger partial charge in [-0.25, -0.2) is 4.98 Å². The molecule has 2 aromatic rings. The van der Waals surface area contributed by atoms with Crippen LogP contribution >= 0.6 is 0 Å². The molecule has 4 rings (SSSR count). The zero-order chi connectivity index (χ0) is 18.3. The van der Waals surface area contributed by atoms with Crippen LogP contribution in [0, 0.1) is 19.3 Å².